The minimum Gasteiger partial charge on any atom is -0.543 e. The Kier molecular flexibility index (Phi) is 5.45. The van der Waals surface area contributed by atoms with E-state index in [1.54, 1.807) is 12.3 Å². The largest absolute Gasteiger partial charge is 0.543 e. The molecular formula is C21H25N4O5S2-. The van der Waals surface area contributed by atoms with Crippen molar-refractivity contribution in [3.63, 3.8) is 0 Å². The van der Waals surface area contributed by atoms with Gasteiger partial charge in [-0.05, 0) is 19.8 Å². The lowest BCUT2D eigenvalue weighted by Gasteiger charge is -2.47. The smallest absolute Gasteiger partial charge is 0.273 e. The molecule has 5 rings (SSSR count). The molecule has 4 aliphatic heterocycles. The first-order valence-electron chi connectivity index (χ1n) is 10.9. The molecule has 4 aliphatic rings. The highest BCUT2D eigenvalue weighted by Gasteiger charge is 2.59. The second kappa shape index (κ2) is 8.03. The Hall–Kier alpha value is -2.11. The van der Waals surface area contributed by atoms with E-state index in [0.29, 0.717) is 23.7 Å². The van der Waals surface area contributed by atoms with E-state index in [1.807, 2.05) is 11.8 Å². The summed E-state index contributed by atoms with van der Waals surface area (Å²) in [4.78, 5) is 47.2. The molecule has 3 saturated heterocycles. The summed E-state index contributed by atoms with van der Waals surface area (Å²) in [5.74, 6) is -2.44. The summed E-state index contributed by atoms with van der Waals surface area (Å²) in [6.45, 7) is 6.43. The number of aliphatic carboxylic acids is 1. The number of rotatable bonds is 6. The summed E-state index contributed by atoms with van der Waals surface area (Å²) in [6.07, 6.45) is 1.26. The Balaban J connectivity index is 1.24. The zero-order chi connectivity index (χ0) is 22.7. The van der Waals surface area contributed by atoms with Crippen LogP contribution in [0.15, 0.2) is 16.0 Å². The van der Waals surface area contributed by atoms with Gasteiger partial charge in [0.05, 0.1) is 29.7 Å². The Morgan fingerprint density at radius 3 is 2.62 bits per heavy atom. The number of nitrogens with zero attached hydrogens (tertiary/aromatic N) is 4. The molecule has 9 nitrogen and oxygen atoms in total. The number of hydrogen-bond acceptors (Lipinski definition) is 9. The number of carbonyl (C=O) groups excluding carboxylic acids is 3. The van der Waals surface area contributed by atoms with Gasteiger partial charge in [0, 0.05) is 47.6 Å². The number of carbonyl (C=O) groups is 3. The lowest BCUT2D eigenvalue weighted by Crippen LogP contribution is -2.64. The fourth-order valence-electron chi connectivity index (χ4n) is 5.11. The first kappa shape index (κ1) is 21.7. The number of β-lactam (4-membered cyclic amide) rings is 1. The zero-order valence-corrected chi connectivity index (χ0v) is 19.5. The van der Waals surface area contributed by atoms with Gasteiger partial charge in [-0.2, -0.15) is 0 Å². The lowest BCUT2D eigenvalue weighted by atomic mass is 9.79. The van der Waals surface area contributed by atoms with Gasteiger partial charge in [-0.1, -0.05) is 6.92 Å². The molecule has 1 N–H and O–H groups in total. The fourth-order valence-corrected chi connectivity index (χ4v) is 7.44. The first-order valence-corrected chi connectivity index (χ1v) is 12.7. The van der Waals surface area contributed by atoms with Crippen molar-refractivity contribution in [2.24, 2.45) is 11.8 Å². The van der Waals surface area contributed by atoms with Gasteiger partial charge in [0.15, 0.2) is 5.13 Å². The van der Waals surface area contributed by atoms with Gasteiger partial charge in [0.25, 0.3) is 5.91 Å². The van der Waals surface area contributed by atoms with Crippen LogP contribution in [0.1, 0.15) is 37.2 Å². The van der Waals surface area contributed by atoms with Gasteiger partial charge < -0.3 is 29.7 Å². The van der Waals surface area contributed by atoms with Crippen LogP contribution in [0.4, 0.5) is 5.13 Å². The SMILES string of the molecule is C[C@@H](O)[C@H]1C(=O)N2C(C(=O)[O-])=C(SC3CN(c4nc(C(=O)N5CCCC5)cs4)C3)[C@H](C)[C@H]12. The molecule has 32 heavy (non-hydrogen) atoms. The van der Waals surface area contributed by atoms with Crippen molar-refractivity contribution in [3.8, 4) is 0 Å². The molecule has 0 radical (unpaired) electrons. The number of anilines is 1. The molecule has 5 heterocycles. The maximum atomic E-state index is 12.5. The molecule has 3 fully saturated rings. The predicted molar refractivity (Wildman–Crippen MR) is 118 cm³/mol. The maximum absolute atomic E-state index is 12.5. The third-order valence-corrected chi connectivity index (χ3v) is 9.17. The highest BCUT2D eigenvalue weighted by atomic mass is 32.2. The van der Waals surface area contributed by atoms with Crippen molar-refractivity contribution < 1.29 is 24.6 Å². The van der Waals surface area contributed by atoms with Crippen LogP contribution < -0.4 is 10.0 Å². The average Bonchev–Trinajstić information content (AvgIpc) is 3.43. The predicted octanol–water partition coefficient (Wildman–Crippen LogP) is 0.120. The minimum absolute atomic E-state index is 0.0122. The van der Waals surface area contributed by atoms with Gasteiger partial charge in [0.2, 0.25) is 5.91 Å². The Bertz CT molecular complexity index is 996. The van der Waals surface area contributed by atoms with E-state index in [1.165, 1.54) is 28.0 Å². The topological polar surface area (TPSA) is 117 Å². The first-order chi connectivity index (χ1) is 15.3. The van der Waals surface area contributed by atoms with Crippen LogP contribution in [0, 0.1) is 11.8 Å². The van der Waals surface area contributed by atoms with Gasteiger partial charge in [-0.15, -0.1) is 23.1 Å². The Morgan fingerprint density at radius 1 is 1.31 bits per heavy atom. The van der Waals surface area contributed by atoms with Crippen molar-refractivity contribution in [2.75, 3.05) is 31.1 Å². The molecule has 0 aromatic carbocycles. The van der Waals surface area contributed by atoms with E-state index >= 15 is 0 Å². The third-order valence-electron chi connectivity index (χ3n) is 6.82. The van der Waals surface area contributed by atoms with Crippen molar-refractivity contribution in [3.05, 3.63) is 21.7 Å². The maximum Gasteiger partial charge on any atom is 0.273 e. The van der Waals surface area contributed by atoms with E-state index in [-0.39, 0.29) is 34.7 Å². The van der Waals surface area contributed by atoms with Crippen molar-refractivity contribution in [1.82, 2.24) is 14.8 Å². The third kappa shape index (κ3) is 3.32. The van der Waals surface area contributed by atoms with Crippen LogP contribution in [-0.2, 0) is 9.59 Å². The summed E-state index contributed by atoms with van der Waals surface area (Å²) in [5.41, 5.74) is 0.446. The number of amides is 2. The molecule has 0 spiro atoms. The van der Waals surface area contributed by atoms with E-state index < -0.39 is 18.0 Å². The zero-order valence-electron chi connectivity index (χ0n) is 17.9. The van der Waals surface area contributed by atoms with E-state index in [2.05, 4.69) is 9.88 Å². The molecule has 1 aromatic heterocycles. The molecule has 0 aliphatic carbocycles. The summed E-state index contributed by atoms with van der Waals surface area (Å²) in [7, 11) is 0. The molecular weight excluding hydrogens is 452 g/mol. The monoisotopic (exact) mass is 477 g/mol. The molecule has 0 bridgehead atoms. The van der Waals surface area contributed by atoms with Crippen LogP contribution in [-0.4, -0.2) is 81.2 Å². The normalized spacial score (nSPS) is 28.7. The van der Waals surface area contributed by atoms with Crippen molar-refractivity contribution in [2.45, 2.75) is 44.1 Å². The number of thioether (sulfide) groups is 1. The average molecular weight is 478 g/mol. The summed E-state index contributed by atoms with van der Waals surface area (Å²) < 4.78 is 0. The number of thiazole rings is 1. The van der Waals surface area contributed by atoms with Gasteiger partial charge >= 0.3 is 0 Å². The van der Waals surface area contributed by atoms with E-state index in [4.69, 9.17) is 0 Å². The quantitative estimate of drug-likeness (QED) is 0.574. The van der Waals surface area contributed by atoms with Crippen molar-refractivity contribution >= 4 is 46.0 Å². The van der Waals surface area contributed by atoms with Crippen molar-refractivity contribution in [1.29, 1.82) is 0 Å². The Morgan fingerprint density at radius 2 is 2.00 bits per heavy atom. The molecule has 0 unspecified atom stereocenters. The number of fused-ring (bicyclic) bond motifs is 1. The number of aliphatic hydroxyl groups excluding tert-OH is 1. The number of carboxylic acids is 1. The van der Waals surface area contributed by atoms with Crippen LogP contribution in [0.3, 0.4) is 0 Å². The van der Waals surface area contributed by atoms with Crippen LogP contribution in [0.2, 0.25) is 0 Å². The second-order valence-electron chi connectivity index (χ2n) is 8.91. The fraction of sp³-hybridized carbons (Fsp3) is 0.619. The van der Waals surface area contributed by atoms with Crippen LogP contribution in [0.25, 0.3) is 0 Å². The van der Waals surface area contributed by atoms with Crippen LogP contribution in [0.5, 0.6) is 0 Å². The van der Waals surface area contributed by atoms with Gasteiger partial charge in [-0.3, -0.25) is 9.59 Å². The van der Waals surface area contributed by atoms with Gasteiger partial charge in [-0.25, -0.2) is 4.98 Å². The minimum atomic E-state index is -1.35. The molecule has 1 aromatic rings. The Labute approximate surface area is 194 Å². The highest BCUT2D eigenvalue weighted by molar-refractivity contribution is 8.03. The standard InChI is InChI=1S/C21H26N4O5S2/c1-10-15-14(11(2)26)19(28)25(15)16(20(29)30)17(10)32-12-7-24(8-12)21-22-13(9-31-21)18(27)23-5-3-4-6-23/h9-12,14-15,26H,3-8H2,1-2H3,(H,29,30)/p-1/t10-,11-,14-,15-/m1/s1. The number of hydrogen-bond donors (Lipinski definition) is 1. The molecule has 0 saturated carbocycles. The molecule has 172 valence electrons. The van der Waals surface area contributed by atoms with E-state index in [9.17, 15) is 24.6 Å². The lowest BCUT2D eigenvalue weighted by molar-refractivity contribution is -0.301. The highest BCUT2D eigenvalue weighted by Crippen LogP contribution is 2.52. The summed E-state index contributed by atoms with van der Waals surface area (Å²) >= 11 is 2.92. The molecule has 11 heteroatoms. The number of aliphatic hydroxyl groups is 1. The van der Waals surface area contributed by atoms with Crippen LogP contribution >= 0.6 is 23.1 Å². The van der Waals surface area contributed by atoms with E-state index in [0.717, 1.165) is 31.1 Å². The van der Waals surface area contributed by atoms with Gasteiger partial charge in [0.1, 0.15) is 5.69 Å². The number of likely N-dealkylation sites (tertiary alicyclic amines) is 1. The number of carboxylic acid groups (broad SMARTS) is 1. The second-order valence-corrected chi connectivity index (χ2v) is 11.1. The molecule has 2 amide bonds. The summed E-state index contributed by atoms with van der Waals surface area (Å²) in [6, 6.07) is -0.327. The number of aromatic nitrogens is 1. The summed E-state index contributed by atoms with van der Waals surface area (Å²) in [5, 5.41) is 24.5. The molecule has 4 atom stereocenters.